The summed E-state index contributed by atoms with van der Waals surface area (Å²) in [5, 5.41) is 10.3. The number of hydrogen-bond acceptors (Lipinski definition) is 3. The van der Waals surface area contributed by atoms with Crippen LogP contribution in [-0.4, -0.2) is 16.7 Å². The Bertz CT molecular complexity index is 908. The molecule has 8 heteroatoms. The van der Waals surface area contributed by atoms with Crippen molar-refractivity contribution in [2.24, 2.45) is 5.92 Å². The first-order valence-corrected chi connectivity index (χ1v) is 9.57. The lowest BCUT2D eigenvalue weighted by Gasteiger charge is -2.50. The third kappa shape index (κ3) is 3.04. The Labute approximate surface area is 169 Å². The highest BCUT2D eigenvalue weighted by Crippen LogP contribution is 2.45. The summed E-state index contributed by atoms with van der Waals surface area (Å²) < 4.78 is 7.07. The third-order valence-electron chi connectivity index (χ3n) is 4.60. The predicted molar refractivity (Wildman–Crippen MR) is 108 cm³/mol. The number of hydrogen-bond donors (Lipinski definition) is 3. The number of nitrogens with one attached hydrogen (secondary N) is 3. The molecule has 26 heavy (non-hydrogen) atoms. The van der Waals surface area contributed by atoms with E-state index in [1.807, 2.05) is 25.1 Å². The first kappa shape index (κ1) is 17.6. The normalized spacial score (nSPS) is 26.0. The van der Waals surface area contributed by atoms with E-state index in [9.17, 15) is 4.79 Å². The van der Waals surface area contributed by atoms with Crippen molar-refractivity contribution in [2.45, 2.75) is 18.7 Å². The first-order chi connectivity index (χ1) is 12.4. The molecular weight excluding hydrogens is 438 g/mol. The van der Waals surface area contributed by atoms with Crippen LogP contribution >= 0.6 is 39.7 Å². The van der Waals surface area contributed by atoms with Crippen molar-refractivity contribution in [3.63, 3.8) is 0 Å². The van der Waals surface area contributed by atoms with Gasteiger partial charge in [0.2, 0.25) is 5.91 Å². The predicted octanol–water partition coefficient (Wildman–Crippen LogP) is 3.98. The molecule has 0 unspecified atom stereocenters. The number of carbonyl (C=O) groups is 1. The summed E-state index contributed by atoms with van der Waals surface area (Å²) in [7, 11) is 0. The van der Waals surface area contributed by atoms with Gasteiger partial charge in [-0.2, -0.15) is 0 Å². The van der Waals surface area contributed by atoms with E-state index in [0.29, 0.717) is 15.8 Å². The number of fused-ring (bicyclic) bond motifs is 4. The lowest BCUT2D eigenvalue weighted by Crippen LogP contribution is -2.70. The smallest absolute Gasteiger partial charge is 0.236 e. The molecule has 1 fully saturated rings. The fourth-order valence-corrected chi connectivity index (χ4v) is 4.30. The second-order valence-corrected chi connectivity index (χ2v) is 8.20. The number of benzene rings is 2. The lowest BCUT2D eigenvalue weighted by molar-refractivity contribution is -0.132. The number of amides is 1. The van der Waals surface area contributed by atoms with Crippen LogP contribution in [0.15, 0.2) is 46.9 Å². The minimum Gasteiger partial charge on any atom is -0.467 e. The van der Waals surface area contributed by atoms with Gasteiger partial charge in [-0.05, 0) is 61.6 Å². The maximum absolute atomic E-state index is 13.1. The van der Waals surface area contributed by atoms with Crippen LogP contribution in [0.25, 0.3) is 0 Å². The zero-order chi connectivity index (χ0) is 18.5. The molecule has 0 aromatic heterocycles. The highest BCUT2D eigenvalue weighted by atomic mass is 79.9. The Kier molecular flexibility index (Phi) is 4.33. The van der Waals surface area contributed by atoms with Crippen molar-refractivity contribution in [2.75, 3.05) is 5.32 Å². The Balaban J connectivity index is 1.71. The Hall–Kier alpha value is -1.83. The molecule has 3 N–H and O–H groups in total. The molecular formula is C18H15BrClN3O2S. The van der Waals surface area contributed by atoms with Crippen molar-refractivity contribution in [1.82, 2.24) is 10.6 Å². The van der Waals surface area contributed by atoms with E-state index in [-0.39, 0.29) is 11.9 Å². The fraction of sp³-hybridized carbons (Fsp3) is 0.222. The largest absolute Gasteiger partial charge is 0.467 e. The molecule has 2 aliphatic heterocycles. The standard InChI is InChI=1S/C18H15BrClN3O2S/c1-18-14(16(24)21-11-5-3-10(20)4-6-11)15(22-17(26)23-18)12-8-9(19)2-7-13(12)25-18/h2-8,14-15H,1H3,(H,21,24)(H2,22,23,26)/t14-,15-,18-/m1/s1. The van der Waals surface area contributed by atoms with Crippen LogP contribution in [0.3, 0.4) is 0 Å². The molecule has 0 aliphatic carbocycles. The van der Waals surface area contributed by atoms with Gasteiger partial charge >= 0.3 is 0 Å². The van der Waals surface area contributed by atoms with Crippen molar-refractivity contribution >= 4 is 56.5 Å². The lowest BCUT2D eigenvalue weighted by atomic mass is 9.80. The number of halogens is 2. The molecule has 2 aromatic rings. The van der Waals surface area contributed by atoms with Crippen LogP contribution < -0.4 is 20.7 Å². The molecule has 2 bridgehead atoms. The summed E-state index contributed by atoms with van der Waals surface area (Å²) in [5.74, 6) is 0.0124. The minimum absolute atomic E-state index is 0.173. The zero-order valence-electron chi connectivity index (χ0n) is 13.7. The fourth-order valence-electron chi connectivity index (χ4n) is 3.47. The van der Waals surface area contributed by atoms with Gasteiger partial charge in [-0.25, -0.2) is 0 Å². The van der Waals surface area contributed by atoms with Gasteiger partial charge < -0.3 is 20.7 Å². The molecule has 2 aromatic carbocycles. The zero-order valence-corrected chi connectivity index (χ0v) is 16.8. The average Bonchev–Trinajstić information content (AvgIpc) is 2.56. The van der Waals surface area contributed by atoms with E-state index in [1.165, 1.54) is 0 Å². The number of anilines is 1. The summed E-state index contributed by atoms with van der Waals surface area (Å²) in [5.41, 5.74) is 0.602. The van der Waals surface area contributed by atoms with E-state index in [4.69, 9.17) is 28.6 Å². The van der Waals surface area contributed by atoms with Gasteiger partial charge in [-0.15, -0.1) is 0 Å². The maximum atomic E-state index is 13.1. The number of ether oxygens (including phenoxy) is 1. The number of carbonyl (C=O) groups excluding carboxylic acids is 1. The highest BCUT2D eigenvalue weighted by Gasteiger charge is 2.54. The van der Waals surface area contributed by atoms with Crippen LogP contribution in [0, 0.1) is 5.92 Å². The molecule has 2 heterocycles. The SMILES string of the molecule is C[C@@]12NC(=S)N[C@H](c3cc(Br)ccc3O1)[C@@H]2C(=O)Nc1ccc(Cl)cc1. The van der Waals surface area contributed by atoms with Gasteiger partial charge in [-0.1, -0.05) is 27.5 Å². The minimum atomic E-state index is -0.954. The van der Waals surface area contributed by atoms with Crippen molar-refractivity contribution < 1.29 is 9.53 Å². The molecule has 1 saturated heterocycles. The van der Waals surface area contributed by atoms with Crippen LogP contribution in [0.2, 0.25) is 5.02 Å². The van der Waals surface area contributed by atoms with Gasteiger partial charge in [0.05, 0.1) is 6.04 Å². The van der Waals surface area contributed by atoms with Gasteiger partial charge in [0.1, 0.15) is 11.7 Å². The van der Waals surface area contributed by atoms with Gasteiger partial charge in [0.15, 0.2) is 10.8 Å². The molecule has 5 nitrogen and oxygen atoms in total. The molecule has 134 valence electrons. The first-order valence-electron chi connectivity index (χ1n) is 7.99. The van der Waals surface area contributed by atoms with Crippen LogP contribution in [0.4, 0.5) is 5.69 Å². The van der Waals surface area contributed by atoms with E-state index in [2.05, 4.69) is 31.9 Å². The monoisotopic (exact) mass is 451 g/mol. The molecule has 0 saturated carbocycles. The quantitative estimate of drug-likeness (QED) is 0.602. The summed E-state index contributed by atoms with van der Waals surface area (Å²) >= 11 is 14.7. The van der Waals surface area contributed by atoms with Gasteiger partial charge in [0, 0.05) is 20.7 Å². The summed E-state index contributed by atoms with van der Waals surface area (Å²) in [6.45, 7) is 1.84. The van der Waals surface area contributed by atoms with Crippen molar-refractivity contribution in [3.8, 4) is 5.75 Å². The van der Waals surface area contributed by atoms with Crippen LogP contribution in [0.1, 0.15) is 18.5 Å². The van der Waals surface area contributed by atoms with E-state index >= 15 is 0 Å². The summed E-state index contributed by atoms with van der Waals surface area (Å²) in [4.78, 5) is 13.1. The van der Waals surface area contributed by atoms with Gasteiger partial charge in [0.25, 0.3) is 0 Å². The van der Waals surface area contributed by atoms with Crippen molar-refractivity contribution in [3.05, 3.63) is 57.5 Å². The molecule has 4 rings (SSSR count). The average molecular weight is 453 g/mol. The van der Waals surface area contributed by atoms with E-state index < -0.39 is 11.6 Å². The molecule has 0 spiro atoms. The Morgan fingerprint density at radius 3 is 2.77 bits per heavy atom. The molecule has 1 amide bonds. The summed E-state index contributed by atoms with van der Waals surface area (Å²) in [6.07, 6.45) is 0. The van der Waals surface area contributed by atoms with Gasteiger partial charge in [-0.3, -0.25) is 4.79 Å². The Morgan fingerprint density at radius 1 is 1.31 bits per heavy atom. The maximum Gasteiger partial charge on any atom is 0.236 e. The Morgan fingerprint density at radius 2 is 2.04 bits per heavy atom. The van der Waals surface area contributed by atoms with E-state index in [1.54, 1.807) is 24.3 Å². The second-order valence-electron chi connectivity index (χ2n) is 6.44. The second kappa shape index (κ2) is 6.40. The van der Waals surface area contributed by atoms with E-state index in [0.717, 1.165) is 15.8 Å². The topological polar surface area (TPSA) is 62.4 Å². The van der Waals surface area contributed by atoms with Crippen molar-refractivity contribution in [1.29, 1.82) is 0 Å². The number of thiocarbonyl (C=S) groups is 1. The number of rotatable bonds is 2. The van der Waals surface area contributed by atoms with Crippen LogP contribution in [-0.2, 0) is 4.79 Å². The van der Waals surface area contributed by atoms with Crippen LogP contribution in [0.5, 0.6) is 5.75 Å². The molecule has 2 aliphatic rings. The third-order valence-corrected chi connectivity index (χ3v) is 5.56. The molecule has 3 atom stereocenters. The molecule has 0 radical (unpaired) electrons. The highest BCUT2D eigenvalue weighted by molar-refractivity contribution is 9.10. The summed E-state index contributed by atoms with van der Waals surface area (Å²) in [6, 6.07) is 12.4.